The zero-order chi connectivity index (χ0) is 6.69. The molecule has 0 fully saturated rings. The number of hydrogen-bond acceptors (Lipinski definition) is 3. The summed E-state index contributed by atoms with van der Waals surface area (Å²) in [5, 5.41) is 0. The summed E-state index contributed by atoms with van der Waals surface area (Å²) < 4.78 is 4.71. The van der Waals surface area contributed by atoms with Crippen molar-refractivity contribution in [2.45, 2.75) is 0 Å². The maximum absolute atomic E-state index is 10.1. The van der Waals surface area contributed by atoms with Gasteiger partial charge in [0.2, 0.25) is 0 Å². The van der Waals surface area contributed by atoms with Gasteiger partial charge in [0.05, 0.1) is 0 Å². The van der Waals surface area contributed by atoms with Crippen LogP contribution in [-0.4, -0.2) is 6.29 Å². The third-order valence-corrected chi connectivity index (χ3v) is 0.941. The van der Waals surface area contributed by atoms with Crippen molar-refractivity contribution < 1.29 is 39.1 Å². The van der Waals surface area contributed by atoms with E-state index in [-0.39, 0.29) is 35.7 Å². The molecule has 4 heteroatoms. The van der Waals surface area contributed by atoms with Gasteiger partial charge in [-0.3, -0.25) is 0 Å². The molecule has 0 aromatic heterocycles. The summed E-state index contributed by atoms with van der Waals surface area (Å²) in [5.41, 5.74) is 5.67. The van der Waals surface area contributed by atoms with Crippen LogP contribution < -0.4 is 35.3 Å². The molecule has 0 atom stereocenters. The molecule has 0 saturated heterocycles. The second kappa shape index (κ2) is 4.44. The maximum Gasteiger partial charge on any atom is 1.00 e. The van der Waals surface area contributed by atoms with Crippen LogP contribution in [0.1, 0.15) is 0 Å². The van der Waals surface area contributed by atoms with Crippen LogP contribution in [0.15, 0.2) is 24.1 Å². The van der Waals surface area contributed by atoms with Gasteiger partial charge in [-0.2, -0.15) is 6.08 Å². The van der Waals surface area contributed by atoms with Crippen molar-refractivity contribution in [3.8, 4) is 0 Å². The molecule has 3 nitrogen and oxygen atoms in total. The second-order valence-corrected chi connectivity index (χ2v) is 1.55. The standard InChI is InChI=1S/C6H6NO2.Na/c7-5-2-1-3-9-6(5)4-8;/h1-4H,7H2;/q-1;+1. The molecule has 1 aliphatic rings. The van der Waals surface area contributed by atoms with Gasteiger partial charge in [-0.25, -0.2) is 0 Å². The van der Waals surface area contributed by atoms with Crippen LogP contribution in [-0.2, 0) is 9.53 Å². The molecule has 0 bridgehead atoms. The van der Waals surface area contributed by atoms with E-state index in [0.29, 0.717) is 12.0 Å². The summed E-state index contributed by atoms with van der Waals surface area (Å²) in [6, 6.07) is 0. The number of carbonyl (C=O) groups excluding carboxylic acids is 1. The van der Waals surface area contributed by atoms with E-state index in [1.165, 1.54) is 6.26 Å². The average Bonchev–Trinajstić information content (AvgIpc) is 1.89. The van der Waals surface area contributed by atoms with E-state index in [4.69, 9.17) is 10.5 Å². The van der Waals surface area contributed by atoms with Gasteiger partial charge in [-0.15, -0.1) is 6.08 Å². The van der Waals surface area contributed by atoms with Crippen molar-refractivity contribution in [1.29, 1.82) is 0 Å². The number of carbonyl (C=O) groups is 1. The van der Waals surface area contributed by atoms with E-state index in [9.17, 15) is 4.79 Å². The van der Waals surface area contributed by atoms with Gasteiger partial charge in [-0.05, 0) is 0 Å². The molecule has 1 heterocycles. The monoisotopic (exact) mass is 147 g/mol. The Morgan fingerprint density at radius 1 is 1.70 bits per heavy atom. The minimum absolute atomic E-state index is 0. The van der Waals surface area contributed by atoms with Crippen LogP contribution >= 0.6 is 0 Å². The first-order valence-corrected chi connectivity index (χ1v) is 2.46. The van der Waals surface area contributed by atoms with Gasteiger partial charge in [-0.1, -0.05) is 5.70 Å². The summed E-state index contributed by atoms with van der Waals surface area (Å²) in [4.78, 5) is 10.1. The Labute approximate surface area is 81.2 Å². The summed E-state index contributed by atoms with van der Waals surface area (Å²) in [6.07, 6.45) is 5.39. The molecule has 48 valence electrons. The largest absolute Gasteiger partial charge is 1.00 e. The van der Waals surface area contributed by atoms with Gasteiger partial charge in [0.1, 0.15) is 6.29 Å². The topological polar surface area (TPSA) is 52.3 Å². The summed E-state index contributed by atoms with van der Waals surface area (Å²) in [6.45, 7) is 0. The fourth-order valence-corrected chi connectivity index (χ4v) is 0.502. The van der Waals surface area contributed by atoms with Crippen molar-refractivity contribution in [1.82, 2.24) is 0 Å². The first kappa shape index (κ1) is 9.62. The Morgan fingerprint density at radius 3 is 2.80 bits per heavy atom. The van der Waals surface area contributed by atoms with Crippen molar-refractivity contribution in [3.63, 3.8) is 0 Å². The fourth-order valence-electron chi connectivity index (χ4n) is 0.502. The van der Waals surface area contributed by atoms with Crippen LogP contribution in [0.2, 0.25) is 0 Å². The van der Waals surface area contributed by atoms with Crippen molar-refractivity contribution in [2.24, 2.45) is 5.73 Å². The molecule has 0 radical (unpaired) electrons. The van der Waals surface area contributed by atoms with Crippen LogP contribution in [0.5, 0.6) is 0 Å². The predicted molar refractivity (Wildman–Crippen MR) is 31.8 cm³/mol. The Hall–Kier alpha value is -0.380. The normalized spacial score (nSPS) is 14.8. The molecule has 1 aliphatic heterocycles. The quantitative estimate of drug-likeness (QED) is 0.246. The number of hydrogen-bond donors (Lipinski definition) is 1. The summed E-state index contributed by atoms with van der Waals surface area (Å²) in [5.74, 6) is 0. The average molecular weight is 147 g/mol. The first-order chi connectivity index (χ1) is 4.34. The van der Waals surface area contributed by atoms with E-state index < -0.39 is 0 Å². The van der Waals surface area contributed by atoms with E-state index >= 15 is 0 Å². The molecule has 1 rings (SSSR count). The molecule has 0 spiro atoms. The number of rotatable bonds is 1. The molecule has 0 aromatic rings. The summed E-state index contributed by atoms with van der Waals surface area (Å²) >= 11 is 0. The number of nitrogens with two attached hydrogens (primary N) is 1. The van der Waals surface area contributed by atoms with Crippen LogP contribution in [0.25, 0.3) is 0 Å². The van der Waals surface area contributed by atoms with Crippen molar-refractivity contribution >= 4 is 6.29 Å². The van der Waals surface area contributed by atoms with Gasteiger partial charge in [0.15, 0.2) is 0 Å². The number of ether oxygens (including phenoxy) is 1. The minimum Gasteiger partial charge on any atom is -0.548 e. The fraction of sp³-hybridized carbons (Fsp3) is 0. The molecule has 0 amide bonds. The van der Waals surface area contributed by atoms with Crippen LogP contribution in [0.4, 0.5) is 0 Å². The van der Waals surface area contributed by atoms with E-state index in [1.807, 2.05) is 0 Å². The summed E-state index contributed by atoms with van der Waals surface area (Å²) in [7, 11) is 0. The van der Waals surface area contributed by atoms with Gasteiger partial charge in [0, 0.05) is 12.4 Å². The van der Waals surface area contributed by atoms with Gasteiger partial charge in [0.25, 0.3) is 0 Å². The smallest absolute Gasteiger partial charge is 0.548 e. The van der Waals surface area contributed by atoms with E-state index in [1.54, 1.807) is 12.2 Å². The Bertz CT molecular complexity index is 177. The number of allylic oxidation sites excluding steroid dienone is 2. The van der Waals surface area contributed by atoms with Gasteiger partial charge >= 0.3 is 29.6 Å². The number of aldehydes is 1. The maximum atomic E-state index is 10.1. The molecule has 0 saturated carbocycles. The Balaban J connectivity index is 0.000000810. The predicted octanol–water partition coefficient (Wildman–Crippen LogP) is -2.89. The Morgan fingerprint density at radius 2 is 2.40 bits per heavy atom. The van der Waals surface area contributed by atoms with Crippen LogP contribution in [0.3, 0.4) is 0 Å². The third kappa shape index (κ3) is 2.10. The van der Waals surface area contributed by atoms with E-state index in [2.05, 4.69) is 0 Å². The molecule has 0 aromatic carbocycles. The minimum atomic E-state index is 0. The van der Waals surface area contributed by atoms with E-state index in [0.717, 1.165) is 0 Å². The second-order valence-electron chi connectivity index (χ2n) is 1.55. The first-order valence-electron chi connectivity index (χ1n) is 2.46. The molecular weight excluding hydrogens is 141 g/mol. The molecular formula is C6H6NNaO2. The zero-order valence-electron chi connectivity index (χ0n) is 5.70. The molecule has 2 N–H and O–H groups in total. The van der Waals surface area contributed by atoms with Crippen molar-refractivity contribution in [3.05, 3.63) is 30.2 Å². The van der Waals surface area contributed by atoms with Crippen LogP contribution in [0, 0.1) is 6.10 Å². The Kier molecular flexibility index (Phi) is 4.27. The third-order valence-electron chi connectivity index (χ3n) is 0.941. The molecule has 0 unspecified atom stereocenters. The van der Waals surface area contributed by atoms with Crippen molar-refractivity contribution in [2.75, 3.05) is 0 Å². The molecule has 10 heavy (non-hydrogen) atoms. The van der Waals surface area contributed by atoms with Gasteiger partial charge < -0.3 is 15.3 Å². The molecule has 0 aliphatic carbocycles. The SMILES string of the molecule is NC1=CC=CO[C-]1C=O.[Na+]. The zero-order valence-corrected chi connectivity index (χ0v) is 7.70.